The topological polar surface area (TPSA) is 32.0 Å². The molecule has 0 aliphatic heterocycles. The van der Waals surface area contributed by atoms with Gasteiger partial charge < -0.3 is 4.57 Å². The molecule has 0 N–H and O–H groups in total. The Morgan fingerprint density at radius 2 is 1.37 bits per heavy atom. The van der Waals surface area contributed by atoms with E-state index in [-0.39, 0.29) is 0 Å². The first-order valence-electron chi connectivity index (χ1n) is 10.3. The van der Waals surface area contributed by atoms with E-state index in [0.717, 1.165) is 31.7 Å². The number of nitriles is 1. The number of hydrogen-bond acceptors (Lipinski definition) is 2. The van der Waals surface area contributed by atoms with E-state index in [1.165, 1.54) is 16.8 Å². The van der Waals surface area contributed by atoms with Gasteiger partial charge in [0.05, 0.1) is 11.3 Å². The number of rotatable bonds is 8. The second kappa shape index (κ2) is 9.73. The van der Waals surface area contributed by atoms with Crippen LogP contribution in [0.3, 0.4) is 0 Å². The molecule has 3 heteroatoms. The van der Waals surface area contributed by atoms with Gasteiger partial charge in [0, 0.05) is 31.5 Å². The number of hydrogen-bond donors (Lipinski definition) is 0. The number of nitrogens with zero attached hydrogens (tertiary/aromatic N) is 3. The summed E-state index contributed by atoms with van der Waals surface area (Å²) < 4.78 is 2.14. The van der Waals surface area contributed by atoms with Gasteiger partial charge in [-0.05, 0) is 41.8 Å². The van der Waals surface area contributed by atoms with Crippen LogP contribution < -0.4 is 0 Å². The summed E-state index contributed by atoms with van der Waals surface area (Å²) in [6.07, 6.45) is 3.05. The largest absolute Gasteiger partial charge is 0.318 e. The first-order chi connectivity index (χ1) is 14.8. The number of benzene rings is 3. The van der Waals surface area contributed by atoms with Crippen molar-refractivity contribution in [1.82, 2.24) is 9.47 Å². The maximum atomic E-state index is 9.52. The quantitative estimate of drug-likeness (QED) is 0.392. The van der Waals surface area contributed by atoms with Crippen LogP contribution in [0.4, 0.5) is 0 Å². The Hall–Kier alpha value is -3.61. The van der Waals surface area contributed by atoms with Crippen molar-refractivity contribution in [2.45, 2.75) is 19.5 Å². The molecule has 0 unspecified atom stereocenters. The highest BCUT2D eigenvalue weighted by Crippen LogP contribution is 2.19. The molecule has 0 bridgehead atoms. The van der Waals surface area contributed by atoms with Crippen molar-refractivity contribution in [3.05, 3.63) is 126 Å². The Morgan fingerprint density at radius 1 is 0.700 bits per heavy atom. The summed E-state index contributed by atoms with van der Waals surface area (Å²) in [5.41, 5.74) is 5.46. The van der Waals surface area contributed by atoms with Gasteiger partial charge in [-0.2, -0.15) is 5.26 Å². The van der Waals surface area contributed by atoms with Crippen molar-refractivity contribution in [3.63, 3.8) is 0 Å². The normalized spacial score (nSPS) is 10.8. The fraction of sp³-hybridized carbons (Fsp3) is 0.148. The summed E-state index contributed by atoms with van der Waals surface area (Å²) in [7, 11) is 0. The first-order valence-corrected chi connectivity index (χ1v) is 10.3. The zero-order valence-corrected chi connectivity index (χ0v) is 17.0. The van der Waals surface area contributed by atoms with E-state index >= 15 is 0 Å². The van der Waals surface area contributed by atoms with E-state index in [9.17, 15) is 5.26 Å². The molecule has 0 spiro atoms. The van der Waals surface area contributed by atoms with Gasteiger partial charge in [-0.3, -0.25) is 4.90 Å². The van der Waals surface area contributed by atoms with E-state index in [1.807, 2.05) is 30.5 Å². The Bertz CT molecular complexity index is 1110. The molecule has 4 aromatic rings. The second-order valence-corrected chi connectivity index (χ2v) is 7.43. The average molecular weight is 392 g/mol. The summed E-state index contributed by atoms with van der Waals surface area (Å²) in [6, 6.07) is 35.5. The molecule has 0 aliphatic rings. The van der Waals surface area contributed by atoms with Gasteiger partial charge >= 0.3 is 0 Å². The zero-order chi connectivity index (χ0) is 20.6. The lowest BCUT2D eigenvalue weighted by Crippen LogP contribution is -2.26. The maximum absolute atomic E-state index is 9.52. The molecule has 0 amide bonds. The molecular formula is C27H25N3. The molecule has 3 nitrogen and oxygen atoms in total. The van der Waals surface area contributed by atoms with Crippen molar-refractivity contribution < 1.29 is 0 Å². The second-order valence-electron chi connectivity index (χ2n) is 7.43. The van der Waals surface area contributed by atoms with Gasteiger partial charge in [-0.25, -0.2) is 0 Å². The molecule has 148 valence electrons. The minimum absolute atomic E-state index is 0.689. The fourth-order valence-corrected chi connectivity index (χ4v) is 3.77. The lowest BCUT2D eigenvalue weighted by molar-refractivity contribution is 0.255. The van der Waals surface area contributed by atoms with E-state index in [0.29, 0.717) is 5.56 Å². The van der Waals surface area contributed by atoms with Crippen LogP contribution in [0.5, 0.6) is 0 Å². The molecule has 1 aromatic heterocycles. The number of aromatic nitrogens is 1. The van der Waals surface area contributed by atoms with Crippen LogP contribution >= 0.6 is 0 Å². The summed E-state index contributed by atoms with van der Waals surface area (Å²) in [6.45, 7) is 2.66. The Morgan fingerprint density at radius 3 is 2.10 bits per heavy atom. The molecule has 4 rings (SSSR count). The molecule has 0 radical (unpaired) electrons. The van der Waals surface area contributed by atoms with E-state index < -0.39 is 0 Å². The van der Waals surface area contributed by atoms with Crippen LogP contribution in [0, 0.1) is 11.3 Å². The van der Waals surface area contributed by atoms with Gasteiger partial charge in [0.1, 0.15) is 6.07 Å². The van der Waals surface area contributed by atoms with Crippen LogP contribution in [0.25, 0.3) is 5.69 Å². The lowest BCUT2D eigenvalue weighted by atomic mass is 10.1. The van der Waals surface area contributed by atoms with Crippen LogP contribution in [-0.2, 0) is 19.5 Å². The van der Waals surface area contributed by atoms with Crippen LogP contribution in [0.2, 0.25) is 0 Å². The van der Waals surface area contributed by atoms with Crippen LogP contribution in [0.15, 0.2) is 103 Å². The summed E-state index contributed by atoms with van der Waals surface area (Å²) in [4.78, 5) is 2.48. The third-order valence-corrected chi connectivity index (χ3v) is 5.31. The van der Waals surface area contributed by atoms with Gasteiger partial charge in [-0.15, -0.1) is 0 Å². The molecule has 3 aromatic carbocycles. The first kappa shape index (κ1) is 19.7. The molecule has 0 fully saturated rings. The van der Waals surface area contributed by atoms with Crippen molar-refractivity contribution in [2.75, 3.05) is 6.54 Å². The van der Waals surface area contributed by atoms with E-state index in [1.54, 1.807) is 0 Å². The Labute approximate surface area is 178 Å². The maximum Gasteiger partial charge on any atom is 0.101 e. The fourth-order valence-electron chi connectivity index (χ4n) is 3.77. The summed E-state index contributed by atoms with van der Waals surface area (Å²) >= 11 is 0. The minimum Gasteiger partial charge on any atom is -0.318 e. The highest BCUT2D eigenvalue weighted by molar-refractivity contribution is 5.49. The summed E-state index contributed by atoms with van der Waals surface area (Å²) in [5.74, 6) is 0. The predicted octanol–water partition coefficient (Wildman–Crippen LogP) is 5.59. The molecule has 0 atom stereocenters. The van der Waals surface area contributed by atoms with Gasteiger partial charge in [-0.1, -0.05) is 72.8 Å². The third kappa shape index (κ3) is 4.86. The van der Waals surface area contributed by atoms with Crippen molar-refractivity contribution in [2.24, 2.45) is 0 Å². The van der Waals surface area contributed by atoms with Crippen molar-refractivity contribution >= 4 is 0 Å². The SMILES string of the molecule is N#Cc1ccccc1-n1cccc1CN(CCc1ccccc1)Cc1ccccc1. The van der Waals surface area contributed by atoms with E-state index in [4.69, 9.17) is 0 Å². The highest BCUT2D eigenvalue weighted by atomic mass is 15.1. The number of para-hydroxylation sites is 1. The van der Waals surface area contributed by atoms with Gasteiger partial charge in [0.2, 0.25) is 0 Å². The van der Waals surface area contributed by atoms with Crippen LogP contribution in [0.1, 0.15) is 22.4 Å². The van der Waals surface area contributed by atoms with Crippen LogP contribution in [-0.4, -0.2) is 16.0 Å². The lowest BCUT2D eigenvalue weighted by Gasteiger charge is -2.24. The molecular weight excluding hydrogens is 366 g/mol. The third-order valence-electron chi connectivity index (χ3n) is 5.31. The molecule has 1 heterocycles. The zero-order valence-electron chi connectivity index (χ0n) is 17.0. The molecule has 0 saturated carbocycles. The smallest absolute Gasteiger partial charge is 0.101 e. The van der Waals surface area contributed by atoms with Gasteiger partial charge in [0.15, 0.2) is 0 Å². The predicted molar refractivity (Wildman–Crippen MR) is 121 cm³/mol. The highest BCUT2D eigenvalue weighted by Gasteiger charge is 2.13. The van der Waals surface area contributed by atoms with Crippen molar-refractivity contribution in [1.29, 1.82) is 5.26 Å². The molecule has 0 saturated heterocycles. The Kier molecular flexibility index (Phi) is 6.39. The minimum atomic E-state index is 0.689. The standard InChI is InChI=1S/C27H25N3/c28-20-25-14-7-8-16-27(25)30-18-9-15-26(30)22-29(21-24-12-5-2-6-13-24)19-17-23-10-3-1-4-11-23/h1-16,18H,17,19,21-22H2. The summed E-state index contributed by atoms with van der Waals surface area (Å²) in [5, 5.41) is 9.52. The average Bonchev–Trinajstić information content (AvgIpc) is 3.26. The van der Waals surface area contributed by atoms with Gasteiger partial charge in [0.25, 0.3) is 0 Å². The molecule has 30 heavy (non-hydrogen) atoms. The van der Waals surface area contributed by atoms with Crippen molar-refractivity contribution in [3.8, 4) is 11.8 Å². The Balaban J connectivity index is 1.57. The molecule has 0 aliphatic carbocycles. The monoisotopic (exact) mass is 391 g/mol. The van der Waals surface area contributed by atoms with E-state index in [2.05, 4.69) is 88.3 Å².